The third-order valence-electron chi connectivity index (χ3n) is 3.83. The van der Waals surface area contributed by atoms with Crippen LogP contribution in [0.5, 0.6) is 5.88 Å². The van der Waals surface area contributed by atoms with E-state index in [9.17, 15) is 14.7 Å². The molecule has 0 atom stereocenters. The van der Waals surface area contributed by atoms with Gasteiger partial charge in [-0.25, -0.2) is 19.7 Å². The van der Waals surface area contributed by atoms with Gasteiger partial charge in [-0.1, -0.05) is 12.1 Å². The lowest BCUT2D eigenvalue weighted by molar-refractivity contribution is 0.0699. The Hall–Kier alpha value is -3.79. The number of carbonyl (C=O) groups is 2. The fraction of sp³-hybridized carbons (Fsp3) is 0.0556. The largest absolute Gasteiger partial charge is 0.480 e. The Morgan fingerprint density at radius 3 is 2.71 bits per heavy atom. The van der Waals surface area contributed by atoms with E-state index < -0.39 is 11.9 Å². The number of nitrogens with zero attached hydrogens (tertiary/aromatic N) is 3. The molecule has 0 saturated carbocycles. The molecule has 3 heterocycles. The van der Waals surface area contributed by atoms with Gasteiger partial charge in [0, 0.05) is 10.9 Å². The number of ether oxygens (including phenoxy) is 1. The number of aromatic nitrogens is 3. The number of carbonyl (C=O) groups excluding carboxylic acids is 1. The number of thiophene rings is 1. The number of hydrogen-bond donors (Lipinski definition) is 2. The minimum absolute atomic E-state index is 0.0890. The highest BCUT2D eigenvalue weighted by atomic mass is 32.1. The summed E-state index contributed by atoms with van der Waals surface area (Å²) in [6, 6.07) is 6.94. The highest BCUT2D eigenvalue weighted by Crippen LogP contribution is 2.35. The summed E-state index contributed by atoms with van der Waals surface area (Å²) in [5.74, 6) is -1.70. The van der Waals surface area contributed by atoms with Crippen molar-refractivity contribution in [2.24, 2.45) is 0 Å². The lowest BCUT2D eigenvalue weighted by atomic mass is 10.1. The molecule has 0 unspecified atom stereocenters. The maximum atomic E-state index is 12.5. The average molecular weight is 396 g/mol. The number of nitrogens with one attached hydrogen (secondary N) is 1. The van der Waals surface area contributed by atoms with Crippen LogP contribution in [0, 0.1) is 0 Å². The molecule has 2 N–H and O–H groups in total. The third-order valence-corrected chi connectivity index (χ3v) is 4.73. The molecule has 4 rings (SSSR count). The van der Waals surface area contributed by atoms with Crippen LogP contribution in [0.15, 0.2) is 46.5 Å². The van der Waals surface area contributed by atoms with E-state index in [4.69, 9.17) is 9.15 Å². The third kappa shape index (κ3) is 3.16. The van der Waals surface area contributed by atoms with Gasteiger partial charge in [0.05, 0.1) is 25.2 Å². The number of para-hydroxylation sites is 2. The molecule has 0 saturated heterocycles. The number of benzene rings is 1. The molecule has 1 aromatic carbocycles. The lowest BCUT2D eigenvalue weighted by Gasteiger charge is -2.04. The van der Waals surface area contributed by atoms with E-state index in [1.807, 2.05) is 0 Å². The molecule has 1 amide bonds. The van der Waals surface area contributed by atoms with Crippen molar-refractivity contribution >= 4 is 39.3 Å². The van der Waals surface area contributed by atoms with Gasteiger partial charge in [0.1, 0.15) is 16.1 Å². The molecule has 0 aliphatic carbocycles. The first-order valence-electron chi connectivity index (χ1n) is 7.95. The maximum Gasteiger partial charge on any atom is 0.339 e. The summed E-state index contributed by atoms with van der Waals surface area (Å²) in [6.07, 6.45) is 2.79. The number of aromatic carboxylic acids is 1. The van der Waals surface area contributed by atoms with Crippen LogP contribution in [0.4, 0.5) is 5.00 Å². The van der Waals surface area contributed by atoms with Crippen LogP contribution in [-0.4, -0.2) is 39.0 Å². The maximum absolute atomic E-state index is 12.5. The van der Waals surface area contributed by atoms with Crippen molar-refractivity contribution < 1.29 is 23.8 Å². The van der Waals surface area contributed by atoms with Gasteiger partial charge < -0.3 is 19.6 Å². The fourth-order valence-electron chi connectivity index (χ4n) is 2.54. The fourth-order valence-corrected chi connectivity index (χ4v) is 3.48. The molecular formula is C18H12N4O5S. The van der Waals surface area contributed by atoms with Crippen LogP contribution in [0.25, 0.3) is 22.4 Å². The number of oxazole rings is 1. The minimum Gasteiger partial charge on any atom is -0.480 e. The quantitative estimate of drug-likeness (QED) is 0.526. The Balaban J connectivity index is 1.66. The van der Waals surface area contributed by atoms with Gasteiger partial charge in [-0.3, -0.25) is 4.79 Å². The zero-order chi connectivity index (χ0) is 19.7. The molecule has 28 heavy (non-hydrogen) atoms. The number of methoxy groups -OCH3 is 1. The molecular weight excluding hydrogens is 384 g/mol. The van der Waals surface area contributed by atoms with Gasteiger partial charge >= 0.3 is 11.9 Å². The van der Waals surface area contributed by atoms with Crippen LogP contribution >= 0.6 is 11.3 Å². The van der Waals surface area contributed by atoms with E-state index in [0.717, 1.165) is 11.3 Å². The standard InChI is InChI=1S/C18H12N4O5S/c1-26-13-7-19-11(6-20-13)9-8-28-17(14(9)18(24)25)22-15(23)16-21-10-4-2-3-5-12(10)27-16/h2-8H,1H3,(H,22,23)(H,24,25). The molecule has 3 aromatic heterocycles. The summed E-state index contributed by atoms with van der Waals surface area (Å²) in [4.78, 5) is 36.6. The number of carboxylic acid groups (broad SMARTS) is 1. The number of rotatable bonds is 5. The zero-order valence-electron chi connectivity index (χ0n) is 14.4. The van der Waals surface area contributed by atoms with Gasteiger partial charge in [0.2, 0.25) is 5.88 Å². The molecule has 0 aliphatic heterocycles. The lowest BCUT2D eigenvalue weighted by Crippen LogP contribution is -2.14. The number of fused-ring (bicyclic) bond motifs is 1. The molecule has 9 nitrogen and oxygen atoms in total. The number of hydrogen-bond acceptors (Lipinski definition) is 8. The van der Waals surface area contributed by atoms with Gasteiger partial charge in [-0.2, -0.15) is 0 Å². The Labute approximate surface area is 161 Å². The van der Waals surface area contributed by atoms with Crippen molar-refractivity contribution in [3.63, 3.8) is 0 Å². The second kappa shape index (κ2) is 7.08. The molecule has 0 spiro atoms. The highest BCUT2D eigenvalue weighted by molar-refractivity contribution is 7.15. The summed E-state index contributed by atoms with van der Waals surface area (Å²) in [7, 11) is 1.46. The SMILES string of the molecule is COc1cnc(-c2csc(NC(=O)c3nc4ccccc4o3)c2C(=O)O)cn1. The van der Waals surface area contributed by atoms with Crippen molar-refractivity contribution in [3.8, 4) is 17.1 Å². The first kappa shape index (κ1) is 17.6. The second-order valence-electron chi connectivity index (χ2n) is 5.54. The molecule has 0 radical (unpaired) electrons. The van der Waals surface area contributed by atoms with E-state index in [-0.39, 0.29) is 16.5 Å². The summed E-state index contributed by atoms with van der Waals surface area (Å²) in [5.41, 5.74) is 1.59. The summed E-state index contributed by atoms with van der Waals surface area (Å²) in [5, 5.41) is 13.9. The van der Waals surface area contributed by atoms with Gasteiger partial charge in [0.15, 0.2) is 5.58 Å². The smallest absolute Gasteiger partial charge is 0.339 e. The van der Waals surface area contributed by atoms with Gasteiger partial charge in [-0.05, 0) is 12.1 Å². The van der Waals surface area contributed by atoms with Crippen molar-refractivity contribution in [3.05, 3.63) is 53.5 Å². The van der Waals surface area contributed by atoms with Crippen LogP contribution in [0.2, 0.25) is 0 Å². The van der Waals surface area contributed by atoms with Crippen molar-refractivity contribution in [2.75, 3.05) is 12.4 Å². The Bertz CT molecular complexity index is 1150. The predicted octanol–water partition coefficient (Wildman–Crippen LogP) is 3.31. The van der Waals surface area contributed by atoms with E-state index in [2.05, 4.69) is 20.3 Å². The van der Waals surface area contributed by atoms with E-state index in [1.165, 1.54) is 19.5 Å². The van der Waals surface area contributed by atoms with Gasteiger partial charge in [-0.15, -0.1) is 11.3 Å². The first-order valence-corrected chi connectivity index (χ1v) is 8.83. The number of anilines is 1. The summed E-state index contributed by atoms with van der Waals surface area (Å²) in [6.45, 7) is 0. The topological polar surface area (TPSA) is 127 Å². The molecule has 0 fully saturated rings. The summed E-state index contributed by atoms with van der Waals surface area (Å²) < 4.78 is 10.4. The van der Waals surface area contributed by atoms with E-state index >= 15 is 0 Å². The average Bonchev–Trinajstić information content (AvgIpc) is 3.32. The minimum atomic E-state index is -1.21. The van der Waals surface area contributed by atoms with E-state index in [1.54, 1.807) is 29.6 Å². The molecule has 0 aliphatic rings. The summed E-state index contributed by atoms with van der Waals surface area (Å²) >= 11 is 1.06. The predicted molar refractivity (Wildman–Crippen MR) is 101 cm³/mol. The van der Waals surface area contributed by atoms with Crippen molar-refractivity contribution in [1.29, 1.82) is 0 Å². The molecule has 0 bridgehead atoms. The van der Waals surface area contributed by atoms with Crippen LogP contribution in [0.3, 0.4) is 0 Å². The number of amides is 1. The monoisotopic (exact) mass is 396 g/mol. The van der Waals surface area contributed by atoms with E-state index in [0.29, 0.717) is 28.2 Å². The Morgan fingerprint density at radius 1 is 1.21 bits per heavy atom. The van der Waals surface area contributed by atoms with Gasteiger partial charge in [0.25, 0.3) is 5.89 Å². The van der Waals surface area contributed by atoms with Crippen LogP contribution < -0.4 is 10.1 Å². The number of carboxylic acids is 1. The molecule has 10 heteroatoms. The molecule has 140 valence electrons. The van der Waals surface area contributed by atoms with Crippen LogP contribution in [-0.2, 0) is 0 Å². The van der Waals surface area contributed by atoms with Crippen molar-refractivity contribution in [2.45, 2.75) is 0 Å². The first-order chi connectivity index (χ1) is 13.6. The molecule has 4 aromatic rings. The Morgan fingerprint density at radius 2 is 2.04 bits per heavy atom. The van der Waals surface area contributed by atoms with Crippen LogP contribution in [0.1, 0.15) is 21.0 Å². The highest BCUT2D eigenvalue weighted by Gasteiger charge is 2.24. The zero-order valence-corrected chi connectivity index (χ0v) is 15.2. The second-order valence-corrected chi connectivity index (χ2v) is 6.42. The Kier molecular flexibility index (Phi) is 4.45. The van der Waals surface area contributed by atoms with Crippen molar-refractivity contribution in [1.82, 2.24) is 15.0 Å². The normalized spacial score (nSPS) is 10.8.